The highest BCUT2D eigenvalue weighted by Gasteiger charge is 2.19. The summed E-state index contributed by atoms with van der Waals surface area (Å²) in [6, 6.07) is 0. The predicted molar refractivity (Wildman–Crippen MR) is 289 cm³/mol. The van der Waals surface area contributed by atoms with Crippen molar-refractivity contribution in [3.63, 3.8) is 0 Å². The molecular formula is C61H110O6. The molecule has 0 saturated carbocycles. The molecule has 0 fully saturated rings. The molecule has 0 amide bonds. The van der Waals surface area contributed by atoms with Crippen molar-refractivity contribution in [2.24, 2.45) is 0 Å². The Bertz CT molecular complexity index is 1170. The van der Waals surface area contributed by atoms with Crippen molar-refractivity contribution in [1.82, 2.24) is 0 Å². The lowest BCUT2D eigenvalue weighted by Gasteiger charge is -2.18. The van der Waals surface area contributed by atoms with Crippen LogP contribution in [0.2, 0.25) is 0 Å². The third kappa shape index (κ3) is 54.2. The van der Waals surface area contributed by atoms with Gasteiger partial charge < -0.3 is 14.2 Å². The zero-order valence-electron chi connectivity index (χ0n) is 44.7. The van der Waals surface area contributed by atoms with E-state index >= 15 is 0 Å². The second-order valence-electron chi connectivity index (χ2n) is 19.5. The Balaban J connectivity index is 4.34. The van der Waals surface area contributed by atoms with E-state index in [9.17, 15) is 14.4 Å². The van der Waals surface area contributed by atoms with Crippen LogP contribution in [0.3, 0.4) is 0 Å². The molecule has 0 radical (unpaired) electrons. The third-order valence-corrected chi connectivity index (χ3v) is 12.8. The van der Waals surface area contributed by atoms with Crippen LogP contribution in [0, 0.1) is 0 Å². The molecule has 0 aliphatic heterocycles. The molecule has 6 heteroatoms. The van der Waals surface area contributed by atoms with E-state index in [1.165, 1.54) is 186 Å². The van der Waals surface area contributed by atoms with E-state index in [2.05, 4.69) is 69.4 Å². The summed E-state index contributed by atoms with van der Waals surface area (Å²) in [5.74, 6) is -0.914. The summed E-state index contributed by atoms with van der Waals surface area (Å²) in [5, 5.41) is 0. The lowest BCUT2D eigenvalue weighted by Crippen LogP contribution is -2.30. The van der Waals surface area contributed by atoms with Crippen LogP contribution in [0.15, 0.2) is 48.6 Å². The highest BCUT2D eigenvalue weighted by atomic mass is 16.6. The Hall–Kier alpha value is -2.63. The van der Waals surface area contributed by atoms with Crippen molar-refractivity contribution in [2.45, 2.75) is 309 Å². The molecule has 0 saturated heterocycles. The van der Waals surface area contributed by atoms with Crippen LogP contribution in [0.5, 0.6) is 0 Å². The van der Waals surface area contributed by atoms with Crippen LogP contribution in [-0.4, -0.2) is 37.2 Å². The zero-order chi connectivity index (χ0) is 48.6. The first-order valence-electron chi connectivity index (χ1n) is 29.1. The summed E-state index contributed by atoms with van der Waals surface area (Å²) in [4.78, 5) is 38.1. The van der Waals surface area contributed by atoms with Gasteiger partial charge >= 0.3 is 17.9 Å². The average molecular weight is 940 g/mol. The minimum absolute atomic E-state index is 0.0846. The number of unbranched alkanes of at least 4 members (excludes halogenated alkanes) is 34. The van der Waals surface area contributed by atoms with Gasteiger partial charge in [0.2, 0.25) is 0 Å². The Kier molecular flexibility index (Phi) is 53.8. The largest absolute Gasteiger partial charge is 0.462 e. The summed E-state index contributed by atoms with van der Waals surface area (Å²) in [6.07, 6.45) is 68.3. The van der Waals surface area contributed by atoms with Gasteiger partial charge in [-0.25, -0.2) is 0 Å². The predicted octanol–water partition coefficient (Wildman–Crippen LogP) is 19.4. The summed E-state index contributed by atoms with van der Waals surface area (Å²) >= 11 is 0. The van der Waals surface area contributed by atoms with Crippen LogP contribution >= 0.6 is 0 Å². The van der Waals surface area contributed by atoms with E-state index in [0.29, 0.717) is 19.3 Å². The fraction of sp³-hybridized carbons (Fsp3) is 0.820. The molecule has 390 valence electrons. The van der Waals surface area contributed by atoms with Crippen molar-refractivity contribution in [3.8, 4) is 0 Å². The maximum absolute atomic E-state index is 12.9. The Morgan fingerprint density at radius 2 is 0.582 bits per heavy atom. The number of allylic oxidation sites excluding steroid dienone is 8. The monoisotopic (exact) mass is 939 g/mol. The van der Waals surface area contributed by atoms with E-state index < -0.39 is 6.10 Å². The van der Waals surface area contributed by atoms with Crippen LogP contribution in [0.4, 0.5) is 0 Å². The summed E-state index contributed by atoms with van der Waals surface area (Å²) in [7, 11) is 0. The molecule has 0 spiro atoms. The zero-order valence-corrected chi connectivity index (χ0v) is 44.7. The van der Waals surface area contributed by atoms with Gasteiger partial charge in [0.1, 0.15) is 13.2 Å². The first-order valence-corrected chi connectivity index (χ1v) is 29.1. The Morgan fingerprint density at radius 3 is 0.955 bits per heavy atom. The molecule has 0 bridgehead atoms. The van der Waals surface area contributed by atoms with Gasteiger partial charge in [0.05, 0.1) is 0 Å². The number of carbonyl (C=O) groups is 3. The molecule has 0 aromatic heterocycles. The molecule has 0 rings (SSSR count). The van der Waals surface area contributed by atoms with Crippen molar-refractivity contribution >= 4 is 17.9 Å². The van der Waals surface area contributed by atoms with Crippen LogP contribution < -0.4 is 0 Å². The molecule has 0 aromatic carbocycles. The topological polar surface area (TPSA) is 78.9 Å². The number of esters is 3. The Morgan fingerprint density at radius 1 is 0.313 bits per heavy atom. The fourth-order valence-corrected chi connectivity index (χ4v) is 8.45. The number of carbonyl (C=O) groups excluding carboxylic acids is 3. The van der Waals surface area contributed by atoms with Crippen molar-refractivity contribution < 1.29 is 28.6 Å². The van der Waals surface area contributed by atoms with Crippen molar-refractivity contribution in [1.29, 1.82) is 0 Å². The van der Waals surface area contributed by atoms with Crippen molar-refractivity contribution in [2.75, 3.05) is 13.2 Å². The Labute approximate surface area is 416 Å². The number of hydrogen-bond acceptors (Lipinski definition) is 6. The maximum Gasteiger partial charge on any atom is 0.306 e. The van der Waals surface area contributed by atoms with Crippen LogP contribution in [0.1, 0.15) is 303 Å². The minimum Gasteiger partial charge on any atom is -0.462 e. The highest BCUT2D eigenvalue weighted by molar-refractivity contribution is 5.71. The smallest absolute Gasteiger partial charge is 0.306 e. The first-order chi connectivity index (χ1) is 33.0. The van der Waals surface area contributed by atoms with Crippen molar-refractivity contribution in [3.05, 3.63) is 48.6 Å². The normalized spacial score (nSPS) is 12.3. The fourth-order valence-electron chi connectivity index (χ4n) is 8.45. The molecule has 1 unspecified atom stereocenters. The molecule has 6 nitrogen and oxygen atoms in total. The molecule has 67 heavy (non-hydrogen) atoms. The second-order valence-corrected chi connectivity index (χ2v) is 19.5. The molecule has 0 aromatic rings. The first kappa shape index (κ1) is 64.4. The number of ether oxygens (including phenoxy) is 3. The van der Waals surface area contributed by atoms with E-state index in [1.54, 1.807) is 0 Å². The van der Waals surface area contributed by atoms with Gasteiger partial charge in [-0.15, -0.1) is 0 Å². The summed E-state index contributed by atoms with van der Waals surface area (Å²) in [5.41, 5.74) is 0. The lowest BCUT2D eigenvalue weighted by molar-refractivity contribution is -0.167. The minimum atomic E-state index is -0.788. The lowest BCUT2D eigenvalue weighted by atomic mass is 10.0. The molecule has 1 atom stereocenters. The van der Waals surface area contributed by atoms with E-state index in [4.69, 9.17) is 14.2 Å². The standard InChI is InChI=1S/C61H110O6/c1-4-7-10-13-16-19-22-25-27-29-31-33-34-36-39-42-45-48-51-54-60(63)66-57-58(56-65-59(62)53-50-47-44-41-38-24-21-18-15-12-9-6-3)67-61(64)55-52-49-46-43-40-37-35-32-30-28-26-23-20-17-14-11-8-5-2/h9,12,18,21,29,31,38,41,58H,4-8,10-11,13-17,19-20,22-28,30,32-37,39-40,42-57H2,1-3H3/b12-9-,21-18-,31-29-,41-38-. The van der Waals surface area contributed by atoms with Gasteiger partial charge in [-0.2, -0.15) is 0 Å². The van der Waals surface area contributed by atoms with E-state index in [1.807, 2.05) is 0 Å². The number of rotatable bonds is 53. The summed E-state index contributed by atoms with van der Waals surface area (Å²) in [6.45, 7) is 6.52. The molecular weight excluding hydrogens is 829 g/mol. The van der Waals surface area contributed by atoms with E-state index in [0.717, 1.165) is 77.0 Å². The van der Waals surface area contributed by atoms with Gasteiger partial charge in [0, 0.05) is 19.3 Å². The average Bonchev–Trinajstić information content (AvgIpc) is 3.33. The molecule has 0 heterocycles. The van der Waals surface area contributed by atoms with Crippen LogP contribution in [0.25, 0.3) is 0 Å². The van der Waals surface area contributed by atoms with Crippen LogP contribution in [-0.2, 0) is 28.6 Å². The highest BCUT2D eigenvalue weighted by Crippen LogP contribution is 2.17. The third-order valence-electron chi connectivity index (χ3n) is 12.8. The molecule has 0 N–H and O–H groups in total. The second kappa shape index (κ2) is 56.0. The van der Waals surface area contributed by atoms with Gasteiger partial charge in [-0.05, 0) is 77.0 Å². The summed E-state index contributed by atoms with van der Waals surface area (Å²) < 4.78 is 16.8. The van der Waals surface area contributed by atoms with Gasteiger partial charge in [0.25, 0.3) is 0 Å². The molecule has 0 aliphatic carbocycles. The van der Waals surface area contributed by atoms with Gasteiger partial charge in [-0.1, -0.05) is 256 Å². The van der Waals surface area contributed by atoms with E-state index in [-0.39, 0.29) is 31.1 Å². The number of hydrogen-bond donors (Lipinski definition) is 0. The quantitative estimate of drug-likeness (QED) is 0.0262. The molecule has 0 aliphatic rings. The maximum atomic E-state index is 12.9. The van der Waals surface area contributed by atoms with Gasteiger partial charge in [-0.3, -0.25) is 14.4 Å². The SMILES string of the molecule is CC/C=C\C/C=C\C/C=C\CCCCC(=O)OCC(COC(=O)CCCCCCCCC/C=C\CCCCCCCCCC)OC(=O)CCCCCCCCCCCCCCCCCCCC. The van der Waals surface area contributed by atoms with Gasteiger partial charge in [0.15, 0.2) is 6.10 Å².